The zero-order chi connectivity index (χ0) is 16.1. The molecule has 0 unspecified atom stereocenters. The maximum atomic E-state index is 6.06. The van der Waals surface area contributed by atoms with Crippen molar-refractivity contribution in [2.24, 2.45) is 10.7 Å². The van der Waals surface area contributed by atoms with E-state index in [2.05, 4.69) is 45.8 Å². The Kier molecular flexibility index (Phi) is 7.48. The summed E-state index contributed by atoms with van der Waals surface area (Å²) < 4.78 is 0. The van der Waals surface area contributed by atoms with Gasteiger partial charge in [0.2, 0.25) is 0 Å². The number of aliphatic imine (C=N–C) groups is 1. The normalized spacial score (nSPS) is 14.0. The van der Waals surface area contributed by atoms with E-state index in [0.29, 0.717) is 12.5 Å². The van der Waals surface area contributed by atoms with E-state index in [1.54, 1.807) is 11.3 Å². The van der Waals surface area contributed by atoms with Gasteiger partial charge in [0.15, 0.2) is 5.96 Å². The van der Waals surface area contributed by atoms with Gasteiger partial charge in [-0.15, -0.1) is 35.3 Å². The standard InChI is InChI=1S/C18H24N4S.HI/c1-2-17-21-14(12-23-17)10-11-20-18(19)22-16-9-5-7-13-6-3-4-8-15(13)16;/h5,7,9,12H,2-4,6,8,10-11H2,1H3,(H3,19,20,22);1H. The molecule has 1 aliphatic carbocycles. The van der Waals surface area contributed by atoms with Gasteiger partial charge >= 0.3 is 0 Å². The van der Waals surface area contributed by atoms with Crippen LogP contribution in [-0.4, -0.2) is 17.5 Å². The Hall–Kier alpha value is -1.15. The zero-order valence-electron chi connectivity index (χ0n) is 14.0. The number of rotatable bonds is 5. The first-order valence-electron chi connectivity index (χ1n) is 8.37. The van der Waals surface area contributed by atoms with Gasteiger partial charge in [0, 0.05) is 24.0 Å². The van der Waals surface area contributed by atoms with E-state index in [1.165, 1.54) is 35.4 Å². The largest absolute Gasteiger partial charge is 0.370 e. The van der Waals surface area contributed by atoms with Crippen LogP contribution in [0.2, 0.25) is 0 Å². The van der Waals surface area contributed by atoms with Gasteiger partial charge in [-0.1, -0.05) is 19.1 Å². The summed E-state index contributed by atoms with van der Waals surface area (Å²) in [5.41, 5.74) is 11.1. The van der Waals surface area contributed by atoms with Crippen molar-refractivity contribution >= 4 is 47.0 Å². The number of fused-ring (bicyclic) bond motifs is 1. The minimum absolute atomic E-state index is 0. The summed E-state index contributed by atoms with van der Waals surface area (Å²) in [6.45, 7) is 2.80. The third-order valence-electron chi connectivity index (χ3n) is 4.21. The van der Waals surface area contributed by atoms with Crippen molar-refractivity contribution in [3.05, 3.63) is 45.4 Å². The fourth-order valence-electron chi connectivity index (χ4n) is 2.99. The Labute approximate surface area is 165 Å². The lowest BCUT2D eigenvalue weighted by atomic mass is 9.90. The smallest absolute Gasteiger partial charge is 0.193 e. The third kappa shape index (κ3) is 4.92. The van der Waals surface area contributed by atoms with Crippen LogP contribution in [-0.2, 0) is 25.7 Å². The highest BCUT2D eigenvalue weighted by Gasteiger charge is 2.13. The topological polar surface area (TPSA) is 63.3 Å². The molecule has 0 aliphatic heterocycles. The molecule has 0 radical (unpaired) electrons. The molecule has 0 saturated carbocycles. The lowest BCUT2D eigenvalue weighted by molar-refractivity contribution is 0.687. The summed E-state index contributed by atoms with van der Waals surface area (Å²) in [6.07, 6.45) is 6.68. The number of thiazole rings is 1. The molecule has 4 nitrogen and oxygen atoms in total. The minimum atomic E-state index is 0. The van der Waals surface area contributed by atoms with Crippen molar-refractivity contribution in [3.63, 3.8) is 0 Å². The number of nitrogens with zero attached hydrogens (tertiary/aromatic N) is 2. The van der Waals surface area contributed by atoms with Crippen LogP contribution in [0.1, 0.15) is 41.6 Å². The molecule has 0 spiro atoms. The van der Waals surface area contributed by atoms with Crippen LogP contribution in [0, 0.1) is 0 Å². The number of hydrogen-bond acceptors (Lipinski definition) is 3. The van der Waals surface area contributed by atoms with Gasteiger partial charge in [-0.3, -0.25) is 4.99 Å². The van der Waals surface area contributed by atoms with E-state index in [-0.39, 0.29) is 24.0 Å². The zero-order valence-corrected chi connectivity index (χ0v) is 17.2. The Morgan fingerprint density at radius 3 is 2.96 bits per heavy atom. The van der Waals surface area contributed by atoms with Crippen molar-refractivity contribution in [1.82, 2.24) is 4.98 Å². The van der Waals surface area contributed by atoms with Crippen LogP contribution in [0.4, 0.5) is 5.69 Å². The van der Waals surface area contributed by atoms with Gasteiger partial charge in [-0.05, 0) is 49.3 Å². The predicted octanol–water partition coefficient (Wildman–Crippen LogP) is 4.17. The summed E-state index contributed by atoms with van der Waals surface area (Å²) >= 11 is 1.72. The maximum Gasteiger partial charge on any atom is 0.193 e. The summed E-state index contributed by atoms with van der Waals surface area (Å²) in [5, 5.41) is 6.59. The Morgan fingerprint density at radius 2 is 2.17 bits per heavy atom. The molecular weight excluding hydrogens is 431 g/mol. The van der Waals surface area contributed by atoms with Gasteiger partial charge < -0.3 is 11.1 Å². The molecule has 1 aliphatic rings. The maximum absolute atomic E-state index is 6.06. The van der Waals surface area contributed by atoms with Gasteiger partial charge in [0.05, 0.1) is 10.7 Å². The van der Waals surface area contributed by atoms with Crippen molar-refractivity contribution < 1.29 is 0 Å². The van der Waals surface area contributed by atoms with Gasteiger partial charge in [0.25, 0.3) is 0 Å². The molecule has 130 valence electrons. The fraction of sp³-hybridized carbons (Fsp3) is 0.444. The summed E-state index contributed by atoms with van der Waals surface area (Å²) in [7, 11) is 0. The molecule has 1 aromatic carbocycles. The number of guanidine groups is 1. The lowest BCUT2D eigenvalue weighted by Crippen LogP contribution is -2.24. The number of halogens is 1. The van der Waals surface area contributed by atoms with E-state index in [0.717, 1.165) is 30.6 Å². The number of nitrogens with one attached hydrogen (secondary N) is 1. The summed E-state index contributed by atoms with van der Waals surface area (Å²) in [4.78, 5) is 9.00. The molecule has 1 heterocycles. The quantitative estimate of drug-likeness (QED) is 0.403. The van der Waals surface area contributed by atoms with Crippen LogP contribution in [0.5, 0.6) is 0 Å². The van der Waals surface area contributed by atoms with E-state index >= 15 is 0 Å². The van der Waals surface area contributed by atoms with E-state index in [9.17, 15) is 0 Å². The van der Waals surface area contributed by atoms with Crippen LogP contribution in [0.15, 0.2) is 28.6 Å². The highest BCUT2D eigenvalue weighted by Crippen LogP contribution is 2.27. The van der Waals surface area contributed by atoms with E-state index in [1.807, 2.05) is 0 Å². The molecule has 3 rings (SSSR count). The first-order chi connectivity index (χ1) is 11.3. The summed E-state index contributed by atoms with van der Waals surface area (Å²) in [6, 6.07) is 6.42. The molecule has 6 heteroatoms. The second-order valence-corrected chi connectivity index (χ2v) is 6.82. The van der Waals surface area contributed by atoms with Crippen molar-refractivity contribution in [1.29, 1.82) is 0 Å². The number of aryl methyl sites for hydroxylation is 2. The summed E-state index contributed by atoms with van der Waals surface area (Å²) in [5.74, 6) is 0.495. The minimum Gasteiger partial charge on any atom is -0.370 e. The molecule has 24 heavy (non-hydrogen) atoms. The molecule has 0 amide bonds. The molecule has 3 N–H and O–H groups in total. The third-order valence-corrected chi connectivity index (χ3v) is 5.25. The number of hydrogen-bond donors (Lipinski definition) is 2. The molecular formula is C18H25IN4S. The number of aromatic nitrogens is 1. The Balaban J connectivity index is 0.00000208. The van der Waals surface area contributed by atoms with E-state index < -0.39 is 0 Å². The second-order valence-electron chi connectivity index (χ2n) is 5.88. The predicted molar refractivity (Wildman–Crippen MR) is 114 cm³/mol. The second kappa shape index (κ2) is 9.36. The van der Waals surface area contributed by atoms with Gasteiger partial charge in [-0.2, -0.15) is 0 Å². The molecule has 2 aromatic rings. The lowest BCUT2D eigenvalue weighted by Gasteiger charge is -2.19. The monoisotopic (exact) mass is 456 g/mol. The number of anilines is 1. The number of nitrogens with two attached hydrogens (primary N) is 1. The van der Waals surface area contributed by atoms with Crippen LogP contribution < -0.4 is 11.1 Å². The van der Waals surface area contributed by atoms with Crippen molar-refractivity contribution in [2.45, 2.75) is 45.4 Å². The van der Waals surface area contributed by atoms with Crippen molar-refractivity contribution in [2.75, 3.05) is 11.9 Å². The highest BCUT2D eigenvalue weighted by molar-refractivity contribution is 14.0. The SMILES string of the molecule is CCc1nc(CCN=C(N)Nc2cccc3c2CCCC3)cs1.I. The Bertz CT molecular complexity index is 696. The fourth-order valence-corrected chi connectivity index (χ4v) is 3.77. The van der Waals surface area contributed by atoms with Crippen LogP contribution >= 0.6 is 35.3 Å². The number of benzene rings is 1. The van der Waals surface area contributed by atoms with Crippen molar-refractivity contribution in [3.8, 4) is 0 Å². The first-order valence-corrected chi connectivity index (χ1v) is 9.25. The highest BCUT2D eigenvalue weighted by atomic mass is 127. The average molecular weight is 456 g/mol. The van der Waals surface area contributed by atoms with Crippen LogP contribution in [0.3, 0.4) is 0 Å². The van der Waals surface area contributed by atoms with Gasteiger partial charge in [0.1, 0.15) is 0 Å². The van der Waals surface area contributed by atoms with Gasteiger partial charge in [-0.25, -0.2) is 4.98 Å². The van der Waals surface area contributed by atoms with E-state index in [4.69, 9.17) is 5.73 Å². The molecule has 0 saturated heterocycles. The molecule has 0 fully saturated rings. The molecule has 1 aromatic heterocycles. The Morgan fingerprint density at radius 1 is 1.33 bits per heavy atom. The van der Waals surface area contributed by atoms with Crippen LogP contribution in [0.25, 0.3) is 0 Å². The first kappa shape index (κ1) is 19.2. The molecule has 0 atom stereocenters. The molecule has 0 bridgehead atoms. The average Bonchev–Trinajstić information content (AvgIpc) is 3.03.